The van der Waals surface area contributed by atoms with Crippen LogP contribution in [0.5, 0.6) is 0 Å². The van der Waals surface area contributed by atoms with E-state index in [-0.39, 0.29) is 37.7 Å². The van der Waals surface area contributed by atoms with Gasteiger partial charge in [0.15, 0.2) is 0 Å². The third-order valence-electron chi connectivity index (χ3n) is 3.47. The van der Waals surface area contributed by atoms with Gasteiger partial charge in [0.2, 0.25) is 0 Å². The highest BCUT2D eigenvalue weighted by Gasteiger charge is 2.13. The molecule has 25 heavy (non-hydrogen) atoms. The summed E-state index contributed by atoms with van der Waals surface area (Å²) in [5, 5.41) is 0. The van der Waals surface area contributed by atoms with Crippen molar-refractivity contribution < 1.29 is 27.8 Å². The SMILES string of the molecule is O=C(CC(=O)OCCc1ccccc1F)OCCc1ccccc1F. The van der Waals surface area contributed by atoms with Crippen LogP contribution in [0.4, 0.5) is 8.78 Å². The third-order valence-corrected chi connectivity index (χ3v) is 3.47. The summed E-state index contributed by atoms with van der Waals surface area (Å²) in [5.74, 6) is -2.23. The lowest BCUT2D eigenvalue weighted by Crippen LogP contribution is -2.16. The lowest BCUT2D eigenvalue weighted by atomic mass is 10.1. The summed E-state index contributed by atoms with van der Waals surface area (Å²) in [6, 6.07) is 12.4. The Bertz CT molecular complexity index is 669. The zero-order chi connectivity index (χ0) is 18.1. The van der Waals surface area contributed by atoms with Crippen LogP contribution in [0, 0.1) is 11.6 Å². The second-order valence-corrected chi connectivity index (χ2v) is 5.30. The van der Waals surface area contributed by atoms with Gasteiger partial charge >= 0.3 is 11.9 Å². The molecule has 0 unspecified atom stereocenters. The first-order valence-corrected chi connectivity index (χ1v) is 7.84. The van der Waals surface area contributed by atoms with E-state index in [1.54, 1.807) is 36.4 Å². The molecule has 0 amide bonds. The first-order valence-electron chi connectivity index (χ1n) is 7.84. The summed E-state index contributed by atoms with van der Waals surface area (Å²) in [5.41, 5.74) is 0.866. The van der Waals surface area contributed by atoms with E-state index in [2.05, 4.69) is 0 Å². The first kappa shape index (κ1) is 18.6. The van der Waals surface area contributed by atoms with Crippen molar-refractivity contribution in [1.82, 2.24) is 0 Å². The monoisotopic (exact) mass is 348 g/mol. The van der Waals surface area contributed by atoms with Gasteiger partial charge in [0.25, 0.3) is 0 Å². The molecule has 4 nitrogen and oxygen atoms in total. The van der Waals surface area contributed by atoms with E-state index in [1.165, 1.54) is 12.1 Å². The lowest BCUT2D eigenvalue weighted by molar-refractivity contribution is -0.154. The predicted octanol–water partition coefficient (Wildman–Crippen LogP) is 3.23. The van der Waals surface area contributed by atoms with E-state index in [0.717, 1.165) is 0 Å². The van der Waals surface area contributed by atoms with Gasteiger partial charge in [-0.1, -0.05) is 36.4 Å². The van der Waals surface area contributed by atoms with Gasteiger partial charge < -0.3 is 9.47 Å². The Balaban J connectivity index is 1.64. The van der Waals surface area contributed by atoms with E-state index in [1.807, 2.05) is 0 Å². The van der Waals surface area contributed by atoms with E-state index >= 15 is 0 Å². The molecule has 0 bridgehead atoms. The van der Waals surface area contributed by atoms with Gasteiger partial charge in [-0.15, -0.1) is 0 Å². The van der Waals surface area contributed by atoms with Crippen LogP contribution in [0.25, 0.3) is 0 Å². The zero-order valence-electron chi connectivity index (χ0n) is 13.5. The smallest absolute Gasteiger partial charge is 0.317 e. The lowest BCUT2D eigenvalue weighted by Gasteiger charge is -2.07. The number of hydrogen-bond acceptors (Lipinski definition) is 4. The summed E-state index contributed by atoms with van der Waals surface area (Å²) in [6.07, 6.45) is -0.0873. The van der Waals surface area contributed by atoms with Crippen LogP contribution in [-0.2, 0) is 31.9 Å². The maximum Gasteiger partial charge on any atom is 0.317 e. The van der Waals surface area contributed by atoms with Gasteiger partial charge in [-0.05, 0) is 23.3 Å². The number of carbonyl (C=O) groups is 2. The second kappa shape index (κ2) is 9.52. The maximum atomic E-state index is 13.4. The van der Waals surface area contributed by atoms with Crippen molar-refractivity contribution in [3.05, 3.63) is 71.3 Å². The van der Waals surface area contributed by atoms with Gasteiger partial charge in [-0.2, -0.15) is 0 Å². The fraction of sp³-hybridized carbons (Fsp3) is 0.263. The summed E-state index contributed by atoms with van der Waals surface area (Å²) < 4.78 is 36.6. The standard InChI is InChI=1S/C19H18F2O4/c20-16-7-3-1-5-14(16)9-11-24-18(22)13-19(23)25-12-10-15-6-2-4-8-17(15)21/h1-8H,9-13H2. The molecule has 0 atom stereocenters. The number of esters is 2. The molecule has 0 spiro atoms. The molecule has 0 aliphatic heterocycles. The van der Waals surface area contributed by atoms with Crippen LogP contribution >= 0.6 is 0 Å². The molecule has 0 saturated heterocycles. The summed E-state index contributed by atoms with van der Waals surface area (Å²) in [7, 11) is 0. The molecular formula is C19H18F2O4. The van der Waals surface area contributed by atoms with Crippen LogP contribution in [0.3, 0.4) is 0 Å². The highest BCUT2D eigenvalue weighted by atomic mass is 19.1. The molecule has 0 radical (unpaired) electrons. The van der Waals surface area contributed by atoms with Gasteiger partial charge in [0.05, 0.1) is 13.2 Å². The van der Waals surface area contributed by atoms with Gasteiger partial charge in [-0.25, -0.2) is 8.78 Å². The summed E-state index contributed by atoms with van der Waals surface area (Å²) in [4.78, 5) is 23.1. The topological polar surface area (TPSA) is 52.6 Å². The molecule has 0 heterocycles. The minimum atomic E-state index is -0.743. The van der Waals surface area contributed by atoms with Crippen molar-refractivity contribution in [2.45, 2.75) is 19.3 Å². The first-order chi connectivity index (χ1) is 12.1. The Morgan fingerprint density at radius 3 is 1.52 bits per heavy atom. The molecular weight excluding hydrogens is 330 g/mol. The van der Waals surface area contributed by atoms with E-state index in [0.29, 0.717) is 11.1 Å². The number of hydrogen-bond donors (Lipinski definition) is 0. The van der Waals surface area contributed by atoms with Crippen LogP contribution in [0.2, 0.25) is 0 Å². The minimum Gasteiger partial charge on any atom is -0.465 e. The molecule has 6 heteroatoms. The number of carbonyl (C=O) groups excluding carboxylic acids is 2. The molecule has 2 aromatic carbocycles. The Hall–Kier alpha value is -2.76. The highest BCUT2D eigenvalue weighted by Crippen LogP contribution is 2.08. The Kier molecular flexibility index (Phi) is 7.07. The summed E-state index contributed by atoms with van der Waals surface area (Å²) in [6.45, 7) is -0.0510. The van der Waals surface area contributed by atoms with E-state index in [9.17, 15) is 18.4 Å². The highest BCUT2D eigenvalue weighted by molar-refractivity contribution is 5.91. The van der Waals surface area contributed by atoms with Crippen molar-refractivity contribution in [1.29, 1.82) is 0 Å². The van der Waals surface area contributed by atoms with Crippen LogP contribution in [0.15, 0.2) is 48.5 Å². The fourth-order valence-corrected chi connectivity index (χ4v) is 2.17. The number of benzene rings is 2. The van der Waals surface area contributed by atoms with Crippen LogP contribution in [-0.4, -0.2) is 25.2 Å². The van der Waals surface area contributed by atoms with Crippen molar-refractivity contribution in [3.63, 3.8) is 0 Å². The molecule has 0 aromatic heterocycles. The van der Waals surface area contributed by atoms with Crippen molar-refractivity contribution in [2.75, 3.05) is 13.2 Å². The Morgan fingerprint density at radius 1 is 0.720 bits per heavy atom. The van der Waals surface area contributed by atoms with Gasteiger partial charge in [0.1, 0.15) is 18.1 Å². The van der Waals surface area contributed by atoms with Crippen molar-refractivity contribution >= 4 is 11.9 Å². The predicted molar refractivity (Wildman–Crippen MR) is 86.7 cm³/mol. The number of halogens is 2. The Labute approximate surface area is 144 Å². The van der Waals surface area contributed by atoms with Crippen LogP contribution in [0.1, 0.15) is 17.5 Å². The van der Waals surface area contributed by atoms with Gasteiger partial charge in [-0.3, -0.25) is 9.59 Å². The molecule has 2 aromatic rings. The molecule has 132 valence electrons. The molecule has 2 rings (SSSR count). The zero-order valence-corrected chi connectivity index (χ0v) is 13.5. The molecule has 0 aliphatic rings. The van der Waals surface area contributed by atoms with Crippen molar-refractivity contribution in [2.24, 2.45) is 0 Å². The normalized spacial score (nSPS) is 10.3. The van der Waals surface area contributed by atoms with Crippen LogP contribution < -0.4 is 0 Å². The fourth-order valence-electron chi connectivity index (χ4n) is 2.17. The number of ether oxygens (including phenoxy) is 2. The molecule has 0 N–H and O–H groups in total. The van der Waals surface area contributed by atoms with Gasteiger partial charge in [0, 0.05) is 12.8 Å². The minimum absolute atomic E-state index is 0.0255. The second-order valence-electron chi connectivity index (χ2n) is 5.30. The van der Waals surface area contributed by atoms with E-state index < -0.39 is 18.4 Å². The van der Waals surface area contributed by atoms with E-state index in [4.69, 9.17) is 9.47 Å². The summed E-state index contributed by atoms with van der Waals surface area (Å²) >= 11 is 0. The molecule has 0 fully saturated rings. The molecule has 0 aliphatic carbocycles. The number of rotatable bonds is 8. The third kappa shape index (κ3) is 6.33. The quantitative estimate of drug-likeness (QED) is 0.543. The molecule has 0 saturated carbocycles. The van der Waals surface area contributed by atoms with Crippen molar-refractivity contribution in [3.8, 4) is 0 Å². The average Bonchev–Trinajstić information content (AvgIpc) is 2.58. The maximum absolute atomic E-state index is 13.4. The largest absolute Gasteiger partial charge is 0.465 e. The Morgan fingerprint density at radius 2 is 1.12 bits per heavy atom. The average molecular weight is 348 g/mol.